The Labute approximate surface area is 123 Å². The number of fused-ring (bicyclic) bond motifs is 1. The van der Waals surface area contributed by atoms with E-state index in [9.17, 15) is 0 Å². The van der Waals surface area contributed by atoms with Crippen LogP contribution in [0.15, 0.2) is 41.1 Å². The number of pyridine rings is 1. The summed E-state index contributed by atoms with van der Waals surface area (Å²) in [5.41, 5.74) is 2.35. The molecular formula is C16H18N4O. The highest BCUT2D eigenvalue weighted by atomic mass is 16.3. The maximum Gasteiger partial charge on any atom is 0.180 e. The molecule has 4 heterocycles. The minimum atomic E-state index is 0.808. The normalized spacial score (nSPS) is 15.8. The van der Waals surface area contributed by atoms with Crippen molar-refractivity contribution in [2.45, 2.75) is 6.92 Å². The van der Waals surface area contributed by atoms with E-state index in [-0.39, 0.29) is 0 Å². The number of furan rings is 1. The molecule has 21 heavy (non-hydrogen) atoms. The van der Waals surface area contributed by atoms with Gasteiger partial charge in [-0.15, -0.1) is 0 Å². The van der Waals surface area contributed by atoms with Crippen LogP contribution in [0.1, 0.15) is 5.76 Å². The summed E-state index contributed by atoms with van der Waals surface area (Å²) in [5.74, 6) is 2.56. The Morgan fingerprint density at radius 1 is 1.19 bits per heavy atom. The van der Waals surface area contributed by atoms with Gasteiger partial charge < -0.3 is 14.6 Å². The maximum atomic E-state index is 5.68. The van der Waals surface area contributed by atoms with E-state index in [0.717, 1.165) is 49.0 Å². The smallest absolute Gasteiger partial charge is 0.180 e. The van der Waals surface area contributed by atoms with Gasteiger partial charge in [0.2, 0.25) is 0 Å². The Morgan fingerprint density at radius 2 is 2.05 bits per heavy atom. The number of aromatic nitrogens is 2. The van der Waals surface area contributed by atoms with Crippen molar-refractivity contribution < 1.29 is 4.42 Å². The van der Waals surface area contributed by atoms with Gasteiger partial charge in [0.15, 0.2) is 11.6 Å². The Kier molecular flexibility index (Phi) is 2.93. The SMILES string of the molecule is Cc1ccc(-c2ncc3cc(N4CCNCC4)ccn23)o1. The molecule has 3 aromatic rings. The van der Waals surface area contributed by atoms with Gasteiger partial charge in [0, 0.05) is 38.1 Å². The van der Waals surface area contributed by atoms with Crippen molar-refractivity contribution in [1.29, 1.82) is 0 Å². The number of piperazine rings is 1. The molecule has 1 saturated heterocycles. The van der Waals surface area contributed by atoms with Crippen LogP contribution in [0.3, 0.4) is 0 Å². The highest BCUT2D eigenvalue weighted by Gasteiger charge is 2.13. The number of hydrogen-bond acceptors (Lipinski definition) is 4. The summed E-state index contributed by atoms with van der Waals surface area (Å²) in [7, 11) is 0. The van der Waals surface area contributed by atoms with Crippen LogP contribution in [0, 0.1) is 6.92 Å². The van der Waals surface area contributed by atoms with Crippen molar-refractivity contribution in [1.82, 2.24) is 14.7 Å². The summed E-state index contributed by atoms with van der Waals surface area (Å²) in [5, 5.41) is 3.38. The molecule has 0 atom stereocenters. The third kappa shape index (κ3) is 2.19. The lowest BCUT2D eigenvalue weighted by Gasteiger charge is -2.29. The van der Waals surface area contributed by atoms with Crippen LogP contribution in [0.2, 0.25) is 0 Å². The van der Waals surface area contributed by atoms with Crippen molar-refractivity contribution in [3.8, 4) is 11.6 Å². The summed E-state index contributed by atoms with van der Waals surface area (Å²) in [6, 6.07) is 8.27. The van der Waals surface area contributed by atoms with Crippen LogP contribution in [0.4, 0.5) is 5.69 Å². The van der Waals surface area contributed by atoms with Crippen LogP contribution >= 0.6 is 0 Å². The predicted molar refractivity (Wildman–Crippen MR) is 82.7 cm³/mol. The molecule has 0 radical (unpaired) electrons. The Balaban J connectivity index is 1.73. The van der Waals surface area contributed by atoms with Crippen LogP contribution in [0.5, 0.6) is 0 Å². The average molecular weight is 282 g/mol. The second-order valence-corrected chi connectivity index (χ2v) is 5.41. The van der Waals surface area contributed by atoms with Crippen molar-refractivity contribution >= 4 is 11.2 Å². The van der Waals surface area contributed by atoms with Crippen LogP contribution in [-0.2, 0) is 0 Å². The minimum absolute atomic E-state index is 0.808. The van der Waals surface area contributed by atoms with E-state index in [4.69, 9.17) is 4.42 Å². The summed E-state index contributed by atoms with van der Waals surface area (Å²) >= 11 is 0. The number of rotatable bonds is 2. The number of aryl methyl sites for hydroxylation is 1. The van der Waals surface area contributed by atoms with Gasteiger partial charge in [0.25, 0.3) is 0 Å². The second-order valence-electron chi connectivity index (χ2n) is 5.41. The maximum absolute atomic E-state index is 5.68. The molecule has 4 rings (SSSR count). The first-order valence-electron chi connectivity index (χ1n) is 7.31. The quantitative estimate of drug-likeness (QED) is 0.783. The van der Waals surface area contributed by atoms with Crippen molar-refractivity contribution in [3.63, 3.8) is 0 Å². The lowest BCUT2D eigenvalue weighted by molar-refractivity contribution is 0.544. The van der Waals surface area contributed by atoms with Crippen LogP contribution in [0.25, 0.3) is 17.1 Å². The van der Waals surface area contributed by atoms with Gasteiger partial charge >= 0.3 is 0 Å². The number of anilines is 1. The lowest BCUT2D eigenvalue weighted by atomic mass is 10.3. The van der Waals surface area contributed by atoms with E-state index in [0.29, 0.717) is 0 Å². The van der Waals surface area contributed by atoms with E-state index < -0.39 is 0 Å². The van der Waals surface area contributed by atoms with E-state index in [1.165, 1.54) is 5.69 Å². The molecule has 1 fully saturated rings. The summed E-state index contributed by atoms with van der Waals surface area (Å²) < 4.78 is 7.75. The van der Waals surface area contributed by atoms with E-state index in [1.54, 1.807) is 0 Å². The first-order valence-corrected chi connectivity index (χ1v) is 7.31. The summed E-state index contributed by atoms with van der Waals surface area (Å²) in [4.78, 5) is 6.91. The molecule has 1 aliphatic rings. The molecule has 0 unspecified atom stereocenters. The van der Waals surface area contributed by atoms with Crippen LogP contribution < -0.4 is 10.2 Å². The zero-order chi connectivity index (χ0) is 14.2. The zero-order valence-corrected chi connectivity index (χ0v) is 12.0. The standard InChI is InChI=1S/C16H18N4O/c1-12-2-3-15(21-12)16-18-11-14-10-13(4-7-20(14)16)19-8-5-17-6-9-19/h2-4,7,10-11,17H,5-6,8-9H2,1H3. The Morgan fingerprint density at radius 3 is 2.81 bits per heavy atom. The minimum Gasteiger partial charge on any atom is -0.458 e. The first-order chi connectivity index (χ1) is 10.3. The summed E-state index contributed by atoms with van der Waals surface area (Å²) in [6.07, 6.45) is 3.98. The molecule has 5 nitrogen and oxygen atoms in total. The van der Waals surface area contributed by atoms with Crippen molar-refractivity contribution in [2.75, 3.05) is 31.1 Å². The molecule has 0 amide bonds. The molecule has 0 aromatic carbocycles. The topological polar surface area (TPSA) is 45.7 Å². The van der Waals surface area contributed by atoms with Gasteiger partial charge in [0.05, 0.1) is 11.7 Å². The number of hydrogen-bond donors (Lipinski definition) is 1. The monoisotopic (exact) mass is 282 g/mol. The molecule has 0 bridgehead atoms. The molecule has 5 heteroatoms. The van der Waals surface area contributed by atoms with Gasteiger partial charge in [-0.2, -0.15) is 0 Å². The molecule has 0 saturated carbocycles. The van der Waals surface area contributed by atoms with Gasteiger partial charge in [-0.05, 0) is 31.2 Å². The van der Waals surface area contributed by atoms with Gasteiger partial charge in [-0.3, -0.25) is 4.40 Å². The average Bonchev–Trinajstić information content (AvgIpc) is 3.13. The highest BCUT2D eigenvalue weighted by Crippen LogP contribution is 2.24. The van der Waals surface area contributed by atoms with E-state index in [2.05, 4.69) is 37.9 Å². The molecular weight excluding hydrogens is 264 g/mol. The number of imidazole rings is 1. The fraction of sp³-hybridized carbons (Fsp3) is 0.312. The Bertz CT molecular complexity index is 768. The Hall–Kier alpha value is -2.27. The molecule has 0 spiro atoms. The summed E-state index contributed by atoms with van der Waals surface area (Å²) in [6.45, 7) is 6.13. The molecule has 1 N–H and O–H groups in total. The predicted octanol–water partition coefficient (Wildman–Crippen LogP) is 2.31. The fourth-order valence-electron chi connectivity index (χ4n) is 2.84. The third-order valence-electron chi connectivity index (χ3n) is 3.96. The van der Waals surface area contributed by atoms with Crippen molar-refractivity contribution in [2.24, 2.45) is 0 Å². The van der Waals surface area contributed by atoms with Gasteiger partial charge in [0.1, 0.15) is 5.76 Å². The molecule has 108 valence electrons. The number of nitrogens with one attached hydrogen (secondary N) is 1. The molecule has 3 aromatic heterocycles. The molecule has 1 aliphatic heterocycles. The lowest BCUT2D eigenvalue weighted by Crippen LogP contribution is -2.43. The fourth-order valence-corrected chi connectivity index (χ4v) is 2.84. The van der Waals surface area contributed by atoms with Gasteiger partial charge in [-0.1, -0.05) is 0 Å². The second kappa shape index (κ2) is 4.93. The first kappa shape index (κ1) is 12.5. The van der Waals surface area contributed by atoms with E-state index in [1.807, 2.05) is 25.3 Å². The third-order valence-corrected chi connectivity index (χ3v) is 3.96. The highest BCUT2D eigenvalue weighted by molar-refractivity contribution is 5.64. The number of nitrogens with zero attached hydrogens (tertiary/aromatic N) is 3. The zero-order valence-electron chi connectivity index (χ0n) is 12.0. The molecule has 0 aliphatic carbocycles. The van der Waals surface area contributed by atoms with Gasteiger partial charge in [-0.25, -0.2) is 4.98 Å². The van der Waals surface area contributed by atoms with Crippen molar-refractivity contribution in [3.05, 3.63) is 42.4 Å². The largest absolute Gasteiger partial charge is 0.458 e. The van der Waals surface area contributed by atoms with Crippen LogP contribution in [-0.4, -0.2) is 35.6 Å². The van der Waals surface area contributed by atoms with E-state index >= 15 is 0 Å².